The molecule has 0 saturated carbocycles. The monoisotopic (exact) mass is 248 g/mol. The Kier molecular flexibility index (Phi) is 5.03. The number of allylic oxidation sites excluding steroid dienone is 1. The van der Waals surface area contributed by atoms with Gasteiger partial charge >= 0.3 is 0 Å². The van der Waals surface area contributed by atoms with Crippen LogP contribution in [0.15, 0.2) is 18.2 Å². The molecule has 5 nitrogen and oxygen atoms in total. The lowest BCUT2D eigenvalue weighted by atomic mass is 10.1. The van der Waals surface area contributed by atoms with E-state index in [1.54, 1.807) is 14.0 Å². The third kappa shape index (κ3) is 3.15. The number of hydrogen-bond acceptors (Lipinski definition) is 5. The van der Waals surface area contributed by atoms with Crippen LogP contribution in [-0.4, -0.2) is 25.4 Å². The number of aliphatic hydroxyl groups excluding tert-OH is 1. The SMILES string of the molecule is C/C=C(/O)c1cc(C#N)c(OCCOC)cc1N. The lowest BCUT2D eigenvalue weighted by Crippen LogP contribution is -2.06. The van der Waals surface area contributed by atoms with Crippen molar-refractivity contribution in [1.29, 1.82) is 5.26 Å². The van der Waals surface area contributed by atoms with Gasteiger partial charge in [0.1, 0.15) is 24.2 Å². The van der Waals surface area contributed by atoms with Gasteiger partial charge in [-0.15, -0.1) is 0 Å². The van der Waals surface area contributed by atoms with Gasteiger partial charge in [-0.25, -0.2) is 0 Å². The minimum Gasteiger partial charge on any atom is -0.508 e. The average Bonchev–Trinajstić information content (AvgIpc) is 2.38. The number of nitrogens with two attached hydrogens (primary N) is 1. The zero-order valence-corrected chi connectivity index (χ0v) is 10.4. The number of aliphatic hydroxyl groups is 1. The summed E-state index contributed by atoms with van der Waals surface area (Å²) in [6, 6.07) is 5.05. The van der Waals surface area contributed by atoms with Gasteiger partial charge in [0.2, 0.25) is 0 Å². The zero-order valence-electron chi connectivity index (χ0n) is 10.4. The molecule has 96 valence electrons. The summed E-state index contributed by atoms with van der Waals surface area (Å²) in [4.78, 5) is 0. The Morgan fingerprint density at radius 2 is 2.22 bits per heavy atom. The van der Waals surface area contributed by atoms with E-state index in [4.69, 9.17) is 20.5 Å². The van der Waals surface area contributed by atoms with E-state index < -0.39 is 0 Å². The number of ether oxygens (including phenoxy) is 2. The molecule has 0 aliphatic carbocycles. The molecule has 3 N–H and O–H groups in total. The molecule has 0 saturated heterocycles. The van der Waals surface area contributed by atoms with E-state index in [-0.39, 0.29) is 5.76 Å². The van der Waals surface area contributed by atoms with Crippen molar-refractivity contribution in [2.45, 2.75) is 6.92 Å². The van der Waals surface area contributed by atoms with Crippen LogP contribution < -0.4 is 10.5 Å². The van der Waals surface area contributed by atoms with Crippen molar-refractivity contribution in [1.82, 2.24) is 0 Å². The molecule has 0 heterocycles. The number of nitrogens with zero attached hydrogens (tertiary/aromatic N) is 1. The van der Waals surface area contributed by atoms with Crippen LogP contribution in [0.3, 0.4) is 0 Å². The fraction of sp³-hybridized carbons (Fsp3) is 0.308. The molecule has 5 heteroatoms. The Balaban J connectivity index is 3.08. The fourth-order valence-electron chi connectivity index (χ4n) is 1.41. The molecular weight excluding hydrogens is 232 g/mol. The maximum Gasteiger partial charge on any atom is 0.139 e. The third-order valence-corrected chi connectivity index (χ3v) is 2.37. The standard InChI is InChI=1S/C13H16N2O3/c1-3-12(16)10-6-9(8-14)13(7-11(10)15)18-5-4-17-2/h3,6-7,16H,4-5,15H2,1-2H3/b12-3+. The van der Waals surface area contributed by atoms with Crippen molar-refractivity contribution >= 4 is 11.4 Å². The minimum atomic E-state index is 0.0347. The molecule has 0 aromatic heterocycles. The van der Waals surface area contributed by atoms with Gasteiger partial charge < -0.3 is 20.3 Å². The van der Waals surface area contributed by atoms with E-state index >= 15 is 0 Å². The Morgan fingerprint density at radius 3 is 2.78 bits per heavy atom. The van der Waals surface area contributed by atoms with Crippen LogP contribution in [0.2, 0.25) is 0 Å². The number of rotatable bonds is 5. The zero-order chi connectivity index (χ0) is 13.5. The summed E-state index contributed by atoms with van der Waals surface area (Å²) in [5.41, 5.74) is 6.91. The Bertz CT molecular complexity index is 490. The molecule has 1 aromatic carbocycles. The second-order valence-corrected chi connectivity index (χ2v) is 3.56. The third-order valence-electron chi connectivity index (χ3n) is 2.37. The van der Waals surface area contributed by atoms with Gasteiger partial charge in [0.15, 0.2) is 0 Å². The maximum atomic E-state index is 9.65. The van der Waals surface area contributed by atoms with Gasteiger partial charge in [0, 0.05) is 24.4 Å². The number of anilines is 1. The summed E-state index contributed by atoms with van der Waals surface area (Å²) < 4.78 is 10.2. The Labute approximate surface area is 106 Å². The second kappa shape index (κ2) is 6.52. The van der Waals surface area contributed by atoms with Crippen LogP contribution in [0, 0.1) is 11.3 Å². The average molecular weight is 248 g/mol. The molecular formula is C13H16N2O3. The summed E-state index contributed by atoms with van der Waals surface area (Å²) >= 11 is 0. The normalized spacial score (nSPS) is 11.1. The quantitative estimate of drug-likeness (QED) is 0.473. The highest BCUT2D eigenvalue weighted by Gasteiger charge is 2.11. The molecule has 0 fully saturated rings. The first-order valence-corrected chi connectivity index (χ1v) is 5.45. The first kappa shape index (κ1) is 13.9. The highest BCUT2D eigenvalue weighted by atomic mass is 16.5. The lowest BCUT2D eigenvalue weighted by molar-refractivity contribution is 0.146. The second-order valence-electron chi connectivity index (χ2n) is 3.56. The van der Waals surface area contributed by atoms with Crippen molar-refractivity contribution in [2.24, 2.45) is 0 Å². The van der Waals surface area contributed by atoms with Crippen LogP contribution in [0.1, 0.15) is 18.1 Å². The van der Waals surface area contributed by atoms with Gasteiger partial charge in [-0.3, -0.25) is 0 Å². The molecule has 0 amide bonds. The van der Waals surface area contributed by atoms with Crippen LogP contribution in [0.25, 0.3) is 5.76 Å². The van der Waals surface area contributed by atoms with Crippen LogP contribution in [-0.2, 0) is 4.74 Å². The van der Waals surface area contributed by atoms with Crippen LogP contribution in [0.5, 0.6) is 5.75 Å². The topological polar surface area (TPSA) is 88.5 Å². The van der Waals surface area contributed by atoms with E-state index in [2.05, 4.69) is 0 Å². The van der Waals surface area contributed by atoms with E-state index in [0.29, 0.717) is 35.8 Å². The summed E-state index contributed by atoms with van der Waals surface area (Å²) in [6.07, 6.45) is 1.51. The number of nitriles is 1. The van der Waals surface area contributed by atoms with Gasteiger partial charge in [0.05, 0.1) is 12.2 Å². The summed E-state index contributed by atoms with van der Waals surface area (Å²) in [5, 5.41) is 18.7. The number of nitrogen functional groups attached to an aromatic ring is 1. The summed E-state index contributed by atoms with van der Waals surface area (Å²) in [5.74, 6) is 0.423. The number of hydrogen-bond donors (Lipinski definition) is 2. The van der Waals surface area contributed by atoms with Gasteiger partial charge in [-0.2, -0.15) is 5.26 Å². The molecule has 0 spiro atoms. The van der Waals surface area contributed by atoms with Crippen molar-refractivity contribution in [3.8, 4) is 11.8 Å². The van der Waals surface area contributed by atoms with Crippen molar-refractivity contribution in [3.63, 3.8) is 0 Å². The van der Waals surface area contributed by atoms with Crippen LogP contribution in [0.4, 0.5) is 5.69 Å². The molecule has 1 rings (SSSR count). The number of methoxy groups -OCH3 is 1. The molecule has 1 aromatic rings. The largest absolute Gasteiger partial charge is 0.508 e. The van der Waals surface area contributed by atoms with Crippen molar-refractivity contribution < 1.29 is 14.6 Å². The molecule has 0 aliphatic heterocycles. The lowest BCUT2D eigenvalue weighted by Gasteiger charge is -2.11. The summed E-state index contributed by atoms with van der Waals surface area (Å²) in [7, 11) is 1.57. The Hall–Kier alpha value is -2.19. The smallest absolute Gasteiger partial charge is 0.139 e. The molecule has 0 radical (unpaired) electrons. The molecule has 18 heavy (non-hydrogen) atoms. The first-order valence-electron chi connectivity index (χ1n) is 5.45. The van der Waals surface area contributed by atoms with Crippen LogP contribution >= 0.6 is 0 Å². The molecule has 0 bridgehead atoms. The van der Waals surface area contributed by atoms with Gasteiger partial charge in [0.25, 0.3) is 0 Å². The van der Waals surface area contributed by atoms with Gasteiger partial charge in [-0.05, 0) is 19.1 Å². The first-order chi connectivity index (χ1) is 8.63. The van der Waals surface area contributed by atoms with Gasteiger partial charge in [-0.1, -0.05) is 0 Å². The highest BCUT2D eigenvalue weighted by Crippen LogP contribution is 2.28. The predicted octanol–water partition coefficient (Wildman–Crippen LogP) is 2.08. The number of benzene rings is 1. The Morgan fingerprint density at radius 1 is 1.50 bits per heavy atom. The summed E-state index contributed by atoms with van der Waals surface area (Å²) in [6.45, 7) is 2.44. The van der Waals surface area contributed by atoms with Crippen molar-refractivity contribution in [2.75, 3.05) is 26.1 Å². The molecule has 0 unspecified atom stereocenters. The van der Waals surface area contributed by atoms with E-state index in [1.807, 2.05) is 6.07 Å². The fourth-order valence-corrected chi connectivity index (χ4v) is 1.41. The predicted molar refractivity (Wildman–Crippen MR) is 69.2 cm³/mol. The van der Waals surface area contributed by atoms with E-state index in [0.717, 1.165) is 0 Å². The molecule has 0 atom stereocenters. The minimum absolute atomic E-state index is 0.0347. The van der Waals surface area contributed by atoms with E-state index in [1.165, 1.54) is 18.2 Å². The highest BCUT2D eigenvalue weighted by molar-refractivity contribution is 5.73. The maximum absolute atomic E-state index is 9.65. The van der Waals surface area contributed by atoms with E-state index in [9.17, 15) is 5.11 Å². The van der Waals surface area contributed by atoms with Crippen molar-refractivity contribution in [3.05, 3.63) is 29.3 Å². The molecule has 0 aliphatic rings.